The molecule has 3 aromatic rings. The molecule has 2 atom stereocenters. The van der Waals surface area contributed by atoms with E-state index in [1.807, 2.05) is 55.5 Å². The molecule has 0 radical (unpaired) electrons. The largest absolute Gasteiger partial charge is 0.450 e. The van der Waals surface area contributed by atoms with Crippen molar-refractivity contribution in [2.45, 2.75) is 39.7 Å². The number of benzene rings is 2. The number of nitrogens with one attached hydrogen (secondary N) is 1. The Bertz CT molecular complexity index is 1200. The second-order valence-corrected chi connectivity index (χ2v) is 8.80. The summed E-state index contributed by atoms with van der Waals surface area (Å²) < 4.78 is 11.0. The third-order valence-corrected chi connectivity index (χ3v) is 6.63. The highest BCUT2D eigenvalue weighted by molar-refractivity contribution is 5.80. The lowest BCUT2D eigenvalue weighted by Gasteiger charge is -2.31. The van der Waals surface area contributed by atoms with Crippen molar-refractivity contribution >= 4 is 17.7 Å². The molecular weight excluding hydrogens is 456 g/mol. The van der Waals surface area contributed by atoms with Gasteiger partial charge in [-0.25, -0.2) is 4.79 Å². The first-order valence-electron chi connectivity index (χ1n) is 12.4. The highest BCUT2D eigenvalue weighted by Crippen LogP contribution is 2.40. The summed E-state index contributed by atoms with van der Waals surface area (Å²) in [5.41, 5.74) is 4.65. The van der Waals surface area contributed by atoms with Crippen LogP contribution >= 0.6 is 0 Å². The van der Waals surface area contributed by atoms with Gasteiger partial charge in [-0.2, -0.15) is 10.2 Å². The van der Waals surface area contributed by atoms with Gasteiger partial charge in [-0.1, -0.05) is 31.2 Å². The molecular formula is C28H32N4O4. The van der Waals surface area contributed by atoms with Crippen LogP contribution in [0.4, 0.5) is 10.5 Å². The summed E-state index contributed by atoms with van der Waals surface area (Å²) in [5.74, 6) is -0.0530. The van der Waals surface area contributed by atoms with Crippen molar-refractivity contribution < 1.29 is 19.1 Å². The van der Waals surface area contributed by atoms with Gasteiger partial charge >= 0.3 is 12.1 Å². The molecule has 0 fully saturated rings. The van der Waals surface area contributed by atoms with E-state index in [0.717, 1.165) is 41.2 Å². The minimum Gasteiger partial charge on any atom is -0.450 e. The zero-order valence-electron chi connectivity index (χ0n) is 20.9. The average Bonchev–Trinajstić information content (AvgIpc) is 2.90. The third-order valence-electron chi connectivity index (χ3n) is 6.63. The third kappa shape index (κ3) is 5.82. The van der Waals surface area contributed by atoms with Crippen LogP contribution < -0.4 is 15.0 Å². The molecule has 1 amide bonds. The molecule has 2 unspecified atom stereocenters. The summed E-state index contributed by atoms with van der Waals surface area (Å²) in [6.07, 6.45) is 1.49. The maximum absolute atomic E-state index is 12.7. The number of hydrogen-bond donors (Lipinski definition) is 1. The van der Waals surface area contributed by atoms with Gasteiger partial charge in [0, 0.05) is 43.1 Å². The van der Waals surface area contributed by atoms with Crippen molar-refractivity contribution in [3.05, 3.63) is 71.9 Å². The number of rotatable bonds is 9. The van der Waals surface area contributed by atoms with Crippen LogP contribution in [0.1, 0.15) is 44.2 Å². The Morgan fingerprint density at radius 3 is 2.69 bits per heavy atom. The average molecular weight is 489 g/mol. The number of alkyl carbamates (subject to hydrolysis) is 1. The number of fused-ring (bicyclic) bond motifs is 1. The second-order valence-electron chi connectivity index (χ2n) is 8.80. The molecule has 8 nitrogen and oxygen atoms in total. The summed E-state index contributed by atoms with van der Waals surface area (Å²) >= 11 is 0. The van der Waals surface area contributed by atoms with E-state index in [2.05, 4.69) is 40.3 Å². The number of aromatic nitrogens is 2. The van der Waals surface area contributed by atoms with Crippen LogP contribution in [0.15, 0.2) is 60.8 Å². The Labute approximate surface area is 211 Å². The highest BCUT2D eigenvalue weighted by atomic mass is 16.6. The summed E-state index contributed by atoms with van der Waals surface area (Å²) in [6, 6.07) is 17.5. The number of anilines is 1. The maximum Gasteiger partial charge on any atom is 0.407 e. The van der Waals surface area contributed by atoms with Gasteiger partial charge in [0.15, 0.2) is 0 Å². The molecule has 1 aliphatic heterocycles. The maximum atomic E-state index is 12.7. The van der Waals surface area contributed by atoms with Crippen molar-refractivity contribution in [3.8, 4) is 17.0 Å². The van der Waals surface area contributed by atoms with Crippen molar-refractivity contribution in [2.24, 2.45) is 5.92 Å². The van der Waals surface area contributed by atoms with E-state index in [9.17, 15) is 9.59 Å². The van der Waals surface area contributed by atoms with E-state index in [0.29, 0.717) is 18.7 Å². The minimum absolute atomic E-state index is 0.0255. The van der Waals surface area contributed by atoms with Gasteiger partial charge in [-0.15, -0.1) is 0 Å². The van der Waals surface area contributed by atoms with Crippen LogP contribution in [-0.4, -0.2) is 42.0 Å². The second kappa shape index (κ2) is 11.7. The molecule has 0 spiro atoms. The predicted octanol–water partition coefficient (Wildman–Crippen LogP) is 4.95. The Kier molecular flexibility index (Phi) is 8.15. The number of hydrogen-bond acceptors (Lipinski definition) is 7. The Balaban J connectivity index is 1.28. The molecule has 1 aromatic heterocycles. The lowest BCUT2D eigenvalue weighted by molar-refractivity contribution is -0.141. The molecule has 8 heteroatoms. The van der Waals surface area contributed by atoms with E-state index in [-0.39, 0.29) is 24.4 Å². The van der Waals surface area contributed by atoms with Crippen LogP contribution in [0.25, 0.3) is 11.3 Å². The van der Waals surface area contributed by atoms with Crippen molar-refractivity contribution in [3.63, 3.8) is 0 Å². The van der Waals surface area contributed by atoms with E-state index in [4.69, 9.17) is 9.47 Å². The van der Waals surface area contributed by atoms with Gasteiger partial charge in [0.05, 0.1) is 18.2 Å². The van der Waals surface area contributed by atoms with E-state index in [1.54, 1.807) is 6.20 Å². The molecule has 1 aliphatic rings. The summed E-state index contributed by atoms with van der Waals surface area (Å²) in [4.78, 5) is 27.2. The van der Waals surface area contributed by atoms with Crippen LogP contribution in [0, 0.1) is 5.92 Å². The van der Waals surface area contributed by atoms with Crippen molar-refractivity contribution in [1.29, 1.82) is 0 Å². The summed E-state index contributed by atoms with van der Waals surface area (Å²) in [5, 5.41) is 10.8. The first kappa shape index (κ1) is 25.2. The van der Waals surface area contributed by atoms with Gasteiger partial charge in [-0.05, 0) is 61.6 Å². The van der Waals surface area contributed by atoms with Crippen LogP contribution in [0.5, 0.6) is 5.75 Å². The molecule has 0 bridgehead atoms. The van der Waals surface area contributed by atoms with Gasteiger partial charge in [0.1, 0.15) is 5.75 Å². The number of esters is 1. The van der Waals surface area contributed by atoms with Crippen molar-refractivity contribution in [1.82, 2.24) is 15.5 Å². The highest BCUT2D eigenvalue weighted by Gasteiger charge is 2.35. The summed E-state index contributed by atoms with van der Waals surface area (Å²) in [6.45, 7) is 8.42. The van der Waals surface area contributed by atoms with Crippen molar-refractivity contribution in [2.75, 3.05) is 24.6 Å². The monoisotopic (exact) mass is 488 g/mol. The zero-order valence-corrected chi connectivity index (χ0v) is 20.9. The molecule has 2 heterocycles. The van der Waals surface area contributed by atoms with Gasteiger partial charge in [0.2, 0.25) is 0 Å². The number of nitrogens with zero attached hydrogens (tertiary/aromatic N) is 3. The fourth-order valence-electron chi connectivity index (χ4n) is 4.55. The first-order valence-corrected chi connectivity index (χ1v) is 12.4. The zero-order chi connectivity index (χ0) is 25.5. The van der Waals surface area contributed by atoms with Gasteiger partial charge < -0.3 is 19.7 Å². The fraction of sp³-hybridized carbons (Fsp3) is 0.357. The smallest absolute Gasteiger partial charge is 0.407 e. The number of carbonyl (C=O) groups is 2. The molecule has 1 N–H and O–H groups in total. The van der Waals surface area contributed by atoms with Crippen LogP contribution in [-0.2, 0) is 16.1 Å². The SMILES string of the molecule is CCN(CC)c1ccc2c(c1)OC(=O)C(CCOC(=O)NCc1cccc(-c3cccnn3)c1)C2C. The lowest BCUT2D eigenvalue weighted by Crippen LogP contribution is -2.32. The molecule has 0 saturated carbocycles. The number of amides is 1. The van der Waals surface area contributed by atoms with Crippen LogP contribution in [0.2, 0.25) is 0 Å². The topological polar surface area (TPSA) is 93.6 Å². The van der Waals surface area contributed by atoms with E-state index in [1.165, 1.54) is 0 Å². The Morgan fingerprint density at radius 2 is 1.94 bits per heavy atom. The normalized spacial score (nSPS) is 16.6. The minimum atomic E-state index is -0.527. The van der Waals surface area contributed by atoms with E-state index < -0.39 is 6.09 Å². The molecule has 2 aromatic carbocycles. The molecule has 188 valence electrons. The molecule has 36 heavy (non-hydrogen) atoms. The number of ether oxygens (including phenoxy) is 2. The lowest BCUT2D eigenvalue weighted by atomic mass is 9.83. The Hall–Kier alpha value is -3.94. The Morgan fingerprint density at radius 1 is 1.11 bits per heavy atom. The quantitative estimate of drug-likeness (QED) is 0.337. The van der Waals surface area contributed by atoms with Gasteiger partial charge in [-0.3, -0.25) is 4.79 Å². The molecule has 4 rings (SSSR count). The molecule has 0 aliphatic carbocycles. The molecule has 0 saturated heterocycles. The fourth-order valence-corrected chi connectivity index (χ4v) is 4.55. The number of carbonyl (C=O) groups excluding carboxylic acids is 2. The summed E-state index contributed by atoms with van der Waals surface area (Å²) in [7, 11) is 0. The first-order chi connectivity index (χ1) is 17.5. The van der Waals surface area contributed by atoms with E-state index >= 15 is 0 Å². The predicted molar refractivity (Wildman–Crippen MR) is 138 cm³/mol. The van der Waals surface area contributed by atoms with Gasteiger partial charge in [0.25, 0.3) is 0 Å². The van der Waals surface area contributed by atoms with Crippen LogP contribution in [0.3, 0.4) is 0 Å². The standard InChI is InChI=1S/C28H32N4O4/c1-4-32(5-2)22-11-12-23-19(3)24(27(33)36-26(23)17-22)13-15-35-28(34)29-18-20-8-6-9-21(16-20)25-10-7-14-30-31-25/h6-12,14,16-17,19,24H,4-5,13,15,18H2,1-3H3,(H,29,34).